The second kappa shape index (κ2) is 5.81. The molecule has 0 bridgehead atoms. The number of nitro groups is 1. The van der Waals surface area contributed by atoms with E-state index in [0.717, 1.165) is 4.85 Å². The summed E-state index contributed by atoms with van der Waals surface area (Å²) in [4.78, 5) is 15.4. The van der Waals surface area contributed by atoms with Crippen LogP contribution in [0.2, 0.25) is 10.2 Å². The number of halogens is 2. The first-order valence-corrected chi connectivity index (χ1v) is 7.42. The molecule has 0 saturated heterocycles. The minimum absolute atomic E-state index is 0.144. The van der Waals surface area contributed by atoms with E-state index < -0.39 is 16.4 Å². The number of rotatable bonds is 3. The number of nitro benzene ring substituents is 1. The molecule has 0 aliphatic rings. The molecule has 124 valence electrons. The lowest BCUT2D eigenvalue weighted by Crippen LogP contribution is -2.11. The number of aromatic nitrogens is 3. The van der Waals surface area contributed by atoms with E-state index in [1.165, 1.54) is 18.2 Å². The second-order valence-corrected chi connectivity index (χ2v) is 5.74. The van der Waals surface area contributed by atoms with Crippen molar-refractivity contribution in [3.63, 3.8) is 0 Å². The van der Waals surface area contributed by atoms with Crippen LogP contribution in [0.1, 0.15) is 11.3 Å². The van der Waals surface area contributed by atoms with E-state index in [1.807, 2.05) is 0 Å². The van der Waals surface area contributed by atoms with Crippen molar-refractivity contribution in [1.29, 1.82) is 0 Å². The van der Waals surface area contributed by atoms with Gasteiger partial charge in [-0.3, -0.25) is 10.1 Å². The molecule has 2 heterocycles. The third-order valence-electron chi connectivity index (χ3n) is 3.43. The van der Waals surface area contributed by atoms with Gasteiger partial charge in [-0.15, -0.1) is 0 Å². The molecule has 0 amide bonds. The summed E-state index contributed by atoms with van der Waals surface area (Å²) >= 11 is 12.3. The van der Waals surface area contributed by atoms with E-state index in [4.69, 9.17) is 27.7 Å². The van der Waals surface area contributed by atoms with Gasteiger partial charge in [-0.1, -0.05) is 33.2 Å². The summed E-state index contributed by atoms with van der Waals surface area (Å²) in [6, 6.07) is 3.82. The third-order valence-corrected chi connectivity index (χ3v) is 4.25. The lowest BCUT2D eigenvalue weighted by Gasteiger charge is -2.15. The van der Waals surface area contributed by atoms with Gasteiger partial charge < -0.3 is 9.63 Å². The fourth-order valence-corrected chi connectivity index (χ4v) is 2.65. The number of aryl methyl sites for hydroxylation is 1. The molecule has 3 rings (SSSR count). The largest absolute Gasteiger partial charge is 0.502 e. The molecule has 0 spiro atoms. The highest BCUT2D eigenvalue weighted by Gasteiger charge is 2.22. The zero-order valence-corrected chi connectivity index (χ0v) is 14.0. The summed E-state index contributed by atoms with van der Waals surface area (Å²) in [6.07, 6.45) is 0. The van der Waals surface area contributed by atoms with Crippen LogP contribution in [0.4, 0.5) is 5.69 Å². The van der Waals surface area contributed by atoms with Crippen LogP contribution in [0.15, 0.2) is 22.7 Å². The quantitative estimate of drug-likeness (QED) is 0.424. The van der Waals surface area contributed by atoms with Gasteiger partial charge in [-0.25, -0.2) is 4.98 Å². The van der Waals surface area contributed by atoms with Crippen molar-refractivity contribution < 1.29 is 14.6 Å². The van der Waals surface area contributed by atoms with Crippen LogP contribution in [0.5, 0.6) is 5.75 Å². The molecule has 0 radical (unpaired) electrons. The van der Waals surface area contributed by atoms with Crippen molar-refractivity contribution in [3.05, 3.63) is 49.7 Å². The normalized spacial score (nSPS) is 11.0. The predicted molar refractivity (Wildman–Crippen MR) is 86.9 cm³/mol. The van der Waals surface area contributed by atoms with Crippen LogP contribution in [0.3, 0.4) is 0 Å². The summed E-state index contributed by atoms with van der Waals surface area (Å²) in [5.41, 5.74) is 1.53. The molecule has 1 N–H and O–H groups in total. The van der Waals surface area contributed by atoms with Crippen LogP contribution in [-0.4, -0.2) is 25.0 Å². The topological polar surface area (TPSA) is 107 Å². The van der Waals surface area contributed by atoms with Gasteiger partial charge in [0.2, 0.25) is 0 Å². The molecule has 3 aromatic rings. The van der Waals surface area contributed by atoms with E-state index in [9.17, 15) is 15.2 Å². The molecule has 1 aromatic carbocycles. The Morgan fingerprint density at radius 1 is 1.33 bits per heavy atom. The lowest BCUT2D eigenvalue weighted by molar-refractivity contribution is -0.385. The van der Waals surface area contributed by atoms with Crippen molar-refractivity contribution in [3.8, 4) is 22.9 Å². The maximum absolute atomic E-state index is 10.9. The summed E-state index contributed by atoms with van der Waals surface area (Å²) in [5, 5.41) is 25.1. The van der Waals surface area contributed by atoms with E-state index in [-0.39, 0.29) is 11.0 Å². The fraction of sp³-hybridized carbons (Fsp3) is 0.143. The molecule has 10 heteroatoms. The Morgan fingerprint density at radius 3 is 2.62 bits per heavy atom. The van der Waals surface area contributed by atoms with Gasteiger partial charge in [0.1, 0.15) is 5.69 Å². The molecule has 2 aromatic heterocycles. The highest BCUT2D eigenvalue weighted by atomic mass is 35.5. The summed E-state index contributed by atoms with van der Waals surface area (Å²) < 4.78 is 5.44. The Hall–Kier alpha value is -2.58. The lowest BCUT2D eigenvalue weighted by atomic mass is 10.2. The number of aromatic hydroxyl groups is 1. The van der Waals surface area contributed by atoms with E-state index in [0.29, 0.717) is 27.5 Å². The summed E-state index contributed by atoms with van der Waals surface area (Å²) in [7, 11) is 0. The predicted octanol–water partition coefficient (Wildman–Crippen LogP) is 4.06. The molecule has 24 heavy (non-hydrogen) atoms. The average Bonchev–Trinajstić information content (AvgIpc) is 2.48. The van der Waals surface area contributed by atoms with Crippen LogP contribution < -0.4 is 0 Å². The Bertz CT molecular complexity index is 952. The van der Waals surface area contributed by atoms with Gasteiger partial charge in [0, 0.05) is 17.2 Å². The average molecular weight is 369 g/mol. The smallest absolute Gasteiger partial charge is 0.311 e. The number of nitrogens with zero attached hydrogens (tertiary/aromatic N) is 4. The molecule has 0 fully saturated rings. The monoisotopic (exact) mass is 368 g/mol. The highest BCUT2D eigenvalue weighted by Crippen LogP contribution is 2.34. The second-order valence-electron chi connectivity index (χ2n) is 5.01. The first-order chi connectivity index (χ1) is 11.3. The number of benzene rings is 1. The summed E-state index contributed by atoms with van der Waals surface area (Å²) in [6.45, 7) is 3.48. The Labute approximate surface area is 145 Å². The van der Waals surface area contributed by atoms with E-state index in [2.05, 4.69) is 10.1 Å². The van der Waals surface area contributed by atoms with Gasteiger partial charge in [0.05, 0.1) is 15.6 Å². The maximum Gasteiger partial charge on any atom is 0.311 e. The fourth-order valence-electron chi connectivity index (χ4n) is 2.18. The number of hydrogen-bond donors (Lipinski definition) is 1. The Morgan fingerprint density at radius 2 is 2.00 bits per heavy atom. The molecule has 0 unspecified atom stereocenters. The molecule has 0 aliphatic heterocycles. The minimum Gasteiger partial charge on any atom is -0.502 e. The first kappa shape index (κ1) is 16.3. The number of phenolic OH excluding ortho intramolecular Hbond substituents is 1. The molecule has 8 nitrogen and oxygen atoms in total. The first-order valence-electron chi connectivity index (χ1n) is 6.66. The maximum atomic E-state index is 10.9. The number of phenols is 1. The van der Waals surface area contributed by atoms with Crippen molar-refractivity contribution in [1.82, 2.24) is 14.9 Å². The van der Waals surface area contributed by atoms with Crippen molar-refractivity contribution in [2.45, 2.75) is 13.8 Å². The van der Waals surface area contributed by atoms with Gasteiger partial charge in [-0.2, -0.15) is 0 Å². The van der Waals surface area contributed by atoms with Crippen LogP contribution in [-0.2, 0) is 0 Å². The standard InChI is InChI=1S/C14H10Cl2N4O4/c1-6-11(15)7(2)17-13(16)12(6)19-18-14(24-19)8-3-4-10(21)9(5-8)20(22)23/h3-5,21H,1-2H3. The van der Waals surface area contributed by atoms with Crippen LogP contribution >= 0.6 is 23.2 Å². The third kappa shape index (κ3) is 2.59. The Kier molecular flexibility index (Phi) is 3.94. The molecule has 0 aliphatic carbocycles. The molecule has 0 saturated carbocycles. The molecule has 0 atom stereocenters. The van der Waals surface area contributed by atoms with Crippen molar-refractivity contribution in [2.75, 3.05) is 0 Å². The minimum atomic E-state index is -0.694. The van der Waals surface area contributed by atoms with E-state index >= 15 is 0 Å². The van der Waals surface area contributed by atoms with Crippen LogP contribution in [0.25, 0.3) is 17.1 Å². The van der Waals surface area contributed by atoms with Crippen molar-refractivity contribution >= 4 is 28.9 Å². The SMILES string of the molecule is Cc1nc(Cl)c(-n2nc(-c3ccc(O)c([N+](=O)[O-])c3)o2)c(C)c1Cl. The Balaban J connectivity index is 2.01. The summed E-state index contributed by atoms with van der Waals surface area (Å²) in [5.74, 6) is -0.292. The number of pyridine rings is 1. The van der Waals surface area contributed by atoms with Gasteiger partial charge in [0.15, 0.2) is 10.9 Å². The zero-order chi connectivity index (χ0) is 17.6. The molecular formula is C14H10Cl2N4O4. The van der Waals surface area contributed by atoms with Crippen molar-refractivity contribution in [2.24, 2.45) is 0 Å². The molecular weight excluding hydrogens is 359 g/mol. The van der Waals surface area contributed by atoms with E-state index in [1.54, 1.807) is 13.8 Å². The zero-order valence-electron chi connectivity index (χ0n) is 12.4. The van der Waals surface area contributed by atoms with Crippen LogP contribution in [0, 0.1) is 24.0 Å². The highest BCUT2D eigenvalue weighted by molar-refractivity contribution is 6.34. The van der Waals surface area contributed by atoms with Gasteiger partial charge in [-0.05, 0) is 26.0 Å². The van der Waals surface area contributed by atoms with Gasteiger partial charge >= 0.3 is 5.69 Å². The van der Waals surface area contributed by atoms with Gasteiger partial charge in [0.25, 0.3) is 5.89 Å². The number of hydrogen-bond acceptors (Lipinski definition) is 6.